The molecular formula is C8H13N5O. The minimum atomic E-state index is -0.451. The summed E-state index contributed by atoms with van der Waals surface area (Å²) >= 11 is 0. The number of nitrogens with two attached hydrogens (primary N) is 1. The molecule has 1 unspecified atom stereocenters. The van der Waals surface area contributed by atoms with Gasteiger partial charge in [-0.15, -0.1) is 10.2 Å². The fraction of sp³-hybridized carbons (Fsp3) is 0.750. The van der Waals surface area contributed by atoms with Crippen molar-refractivity contribution >= 4 is 5.78 Å². The van der Waals surface area contributed by atoms with E-state index in [1.54, 1.807) is 7.05 Å². The van der Waals surface area contributed by atoms with Crippen molar-refractivity contribution in [3.8, 4) is 0 Å². The number of hydrogen-bond acceptors (Lipinski definition) is 5. The lowest BCUT2D eigenvalue weighted by Gasteiger charge is -2.29. The Morgan fingerprint density at radius 2 is 2.36 bits per heavy atom. The van der Waals surface area contributed by atoms with E-state index in [9.17, 15) is 4.79 Å². The maximum absolute atomic E-state index is 11.7. The fourth-order valence-corrected chi connectivity index (χ4v) is 1.54. The summed E-state index contributed by atoms with van der Waals surface area (Å²) in [5.74, 6) is 0.251. The highest BCUT2D eigenvalue weighted by molar-refractivity contribution is 5.96. The lowest BCUT2D eigenvalue weighted by atomic mass is 9.78. The molecule has 1 aliphatic rings. The minimum absolute atomic E-state index is 0.131. The van der Waals surface area contributed by atoms with Crippen LogP contribution in [-0.4, -0.2) is 32.0 Å². The zero-order valence-electron chi connectivity index (χ0n) is 8.05. The first-order valence-electron chi connectivity index (χ1n) is 4.72. The van der Waals surface area contributed by atoms with Crippen LogP contribution < -0.4 is 5.73 Å². The molecule has 76 valence electrons. The normalized spacial score (nSPS) is 19.0. The largest absolute Gasteiger partial charge is 0.321 e. The Morgan fingerprint density at radius 1 is 1.64 bits per heavy atom. The van der Waals surface area contributed by atoms with Crippen LogP contribution >= 0.6 is 0 Å². The Labute approximate surface area is 81.5 Å². The van der Waals surface area contributed by atoms with Gasteiger partial charge in [0.15, 0.2) is 0 Å². The second kappa shape index (κ2) is 3.45. The molecule has 2 rings (SSSR count). The minimum Gasteiger partial charge on any atom is -0.321 e. The molecule has 2 N–H and O–H groups in total. The molecule has 1 aromatic rings. The van der Waals surface area contributed by atoms with Gasteiger partial charge in [-0.1, -0.05) is 6.42 Å². The summed E-state index contributed by atoms with van der Waals surface area (Å²) in [5, 5.41) is 11.1. The monoisotopic (exact) mass is 195 g/mol. The number of aryl methyl sites for hydroxylation is 1. The summed E-state index contributed by atoms with van der Waals surface area (Å²) in [4.78, 5) is 13.0. The van der Waals surface area contributed by atoms with Crippen LogP contribution in [0.5, 0.6) is 0 Å². The second-order valence-corrected chi connectivity index (χ2v) is 3.68. The van der Waals surface area contributed by atoms with Gasteiger partial charge in [-0.25, -0.2) is 0 Å². The summed E-state index contributed by atoms with van der Waals surface area (Å²) in [6, 6.07) is -0.451. The number of carbonyl (C=O) groups is 1. The average molecular weight is 195 g/mol. The van der Waals surface area contributed by atoms with Crippen LogP contribution in [0.25, 0.3) is 0 Å². The van der Waals surface area contributed by atoms with Crippen molar-refractivity contribution in [1.29, 1.82) is 0 Å². The average Bonchev–Trinajstić information content (AvgIpc) is 2.47. The van der Waals surface area contributed by atoms with Crippen molar-refractivity contribution in [3.63, 3.8) is 0 Å². The number of nitrogens with zero attached hydrogens (tertiary/aromatic N) is 4. The van der Waals surface area contributed by atoms with E-state index < -0.39 is 6.04 Å². The van der Waals surface area contributed by atoms with Crippen molar-refractivity contribution in [2.24, 2.45) is 18.7 Å². The van der Waals surface area contributed by atoms with Crippen molar-refractivity contribution in [3.05, 3.63) is 5.82 Å². The number of carbonyl (C=O) groups excluding carboxylic acids is 1. The molecule has 6 heteroatoms. The first-order chi connectivity index (χ1) is 6.68. The van der Waals surface area contributed by atoms with E-state index in [1.807, 2.05) is 0 Å². The highest BCUT2D eigenvalue weighted by atomic mass is 16.1. The van der Waals surface area contributed by atoms with Gasteiger partial charge in [0.05, 0.1) is 13.1 Å². The van der Waals surface area contributed by atoms with Gasteiger partial charge < -0.3 is 5.73 Å². The molecule has 0 amide bonds. The fourth-order valence-electron chi connectivity index (χ4n) is 1.54. The molecule has 6 nitrogen and oxygen atoms in total. The Kier molecular flexibility index (Phi) is 2.28. The molecular weight excluding hydrogens is 182 g/mol. The molecule has 0 bridgehead atoms. The maximum Gasteiger partial charge on any atom is 0.242 e. The SMILES string of the molecule is Cn1nnc(C(=O)C(N)C2CCC2)n1. The third kappa shape index (κ3) is 1.52. The number of rotatable bonds is 3. The summed E-state index contributed by atoms with van der Waals surface area (Å²) < 4.78 is 0. The van der Waals surface area contributed by atoms with Gasteiger partial charge in [0.2, 0.25) is 11.6 Å². The van der Waals surface area contributed by atoms with Gasteiger partial charge in [-0.2, -0.15) is 4.80 Å². The Bertz CT molecular complexity index is 343. The quantitative estimate of drug-likeness (QED) is 0.658. The van der Waals surface area contributed by atoms with Crippen molar-refractivity contribution in [2.45, 2.75) is 25.3 Å². The van der Waals surface area contributed by atoms with Crippen LogP contribution in [0.2, 0.25) is 0 Å². The molecule has 0 aromatic carbocycles. The van der Waals surface area contributed by atoms with E-state index >= 15 is 0 Å². The van der Waals surface area contributed by atoms with Crippen molar-refractivity contribution < 1.29 is 4.79 Å². The highest BCUT2D eigenvalue weighted by Gasteiger charge is 2.31. The Balaban J connectivity index is 2.07. The van der Waals surface area contributed by atoms with Crippen LogP contribution in [-0.2, 0) is 7.05 Å². The van der Waals surface area contributed by atoms with Gasteiger partial charge >= 0.3 is 0 Å². The molecule has 1 aromatic heterocycles. The van der Waals surface area contributed by atoms with Crippen LogP contribution in [0, 0.1) is 5.92 Å². The van der Waals surface area contributed by atoms with Gasteiger partial charge in [0.25, 0.3) is 0 Å². The molecule has 1 atom stereocenters. The lowest BCUT2D eigenvalue weighted by molar-refractivity contribution is 0.0886. The Hall–Kier alpha value is -1.30. The highest BCUT2D eigenvalue weighted by Crippen LogP contribution is 2.29. The summed E-state index contributed by atoms with van der Waals surface area (Å²) in [5.41, 5.74) is 5.80. The van der Waals surface area contributed by atoms with E-state index in [0.29, 0.717) is 5.92 Å². The van der Waals surface area contributed by atoms with E-state index in [2.05, 4.69) is 15.4 Å². The zero-order chi connectivity index (χ0) is 10.1. The van der Waals surface area contributed by atoms with Gasteiger partial charge in [0.1, 0.15) is 0 Å². The smallest absolute Gasteiger partial charge is 0.242 e. The van der Waals surface area contributed by atoms with Crippen LogP contribution in [0.4, 0.5) is 0 Å². The molecule has 0 radical (unpaired) electrons. The molecule has 1 heterocycles. The van der Waals surface area contributed by atoms with Gasteiger partial charge in [-0.05, 0) is 24.0 Å². The predicted octanol–water partition coefficient (Wildman–Crippen LogP) is -0.480. The van der Waals surface area contributed by atoms with E-state index in [0.717, 1.165) is 12.8 Å². The topological polar surface area (TPSA) is 86.7 Å². The van der Waals surface area contributed by atoms with Crippen molar-refractivity contribution in [1.82, 2.24) is 20.2 Å². The number of hydrogen-bond donors (Lipinski definition) is 1. The van der Waals surface area contributed by atoms with Crippen LogP contribution in [0.15, 0.2) is 0 Å². The number of ketones is 1. The third-order valence-electron chi connectivity index (χ3n) is 2.69. The standard InChI is InChI=1S/C8H13N5O/c1-13-11-8(10-12-13)7(14)6(9)5-3-2-4-5/h5-6H,2-4,9H2,1H3. The van der Waals surface area contributed by atoms with E-state index in [4.69, 9.17) is 5.73 Å². The van der Waals surface area contributed by atoms with Crippen LogP contribution in [0.3, 0.4) is 0 Å². The maximum atomic E-state index is 11.7. The summed E-state index contributed by atoms with van der Waals surface area (Å²) in [7, 11) is 1.62. The number of Topliss-reactive ketones (excluding diaryl/α,β-unsaturated/α-hetero) is 1. The molecule has 1 saturated carbocycles. The third-order valence-corrected chi connectivity index (χ3v) is 2.69. The Morgan fingerprint density at radius 3 is 2.79 bits per heavy atom. The van der Waals surface area contributed by atoms with Gasteiger partial charge in [-0.3, -0.25) is 4.79 Å². The summed E-state index contributed by atoms with van der Waals surface area (Å²) in [6.45, 7) is 0. The number of tetrazole rings is 1. The molecule has 0 aliphatic heterocycles. The molecule has 14 heavy (non-hydrogen) atoms. The summed E-state index contributed by atoms with van der Waals surface area (Å²) in [6.07, 6.45) is 3.24. The van der Waals surface area contributed by atoms with E-state index in [1.165, 1.54) is 11.2 Å². The molecule has 1 fully saturated rings. The molecule has 0 saturated heterocycles. The molecule has 1 aliphatic carbocycles. The second-order valence-electron chi connectivity index (χ2n) is 3.68. The van der Waals surface area contributed by atoms with Crippen molar-refractivity contribution in [2.75, 3.05) is 0 Å². The number of aromatic nitrogens is 4. The molecule has 0 spiro atoms. The van der Waals surface area contributed by atoms with E-state index in [-0.39, 0.29) is 11.6 Å². The first kappa shape index (κ1) is 9.26. The van der Waals surface area contributed by atoms with Gasteiger partial charge in [0, 0.05) is 0 Å². The first-order valence-corrected chi connectivity index (χ1v) is 4.72. The van der Waals surface area contributed by atoms with Crippen LogP contribution in [0.1, 0.15) is 29.9 Å². The zero-order valence-corrected chi connectivity index (χ0v) is 8.05. The lowest BCUT2D eigenvalue weighted by Crippen LogP contribution is -2.41. The predicted molar refractivity (Wildman–Crippen MR) is 48.4 cm³/mol.